The molecule has 0 aliphatic carbocycles. The third-order valence-corrected chi connectivity index (χ3v) is 4.50. The van der Waals surface area contributed by atoms with Crippen molar-refractivity contribution >= 4 is 56.7 Å². The second-order valence-electron chi connectivity index (χ2n) is 5.44. The number of hydrazone groups is 1. The van der Waals surface area contributed by atoms with Crippen LogP contribution in [0, 0.1) is 0 Å². The van der Waals surface area contributed by atoms with Crippen LogP contribution in [0.5, 0.6) is 0 Å². The minimum Gasteiger partial charge on any atom is -0.383 e. The van der Waals surface area contributed by atoms with E-state index in [-0.39, 0.29) is 0 Å². The number of hydrogen-bond donors (Lipinski definition) is 2. The second-order valence-corrected chi connectivity index (χ2v) is 6.22. The largest absolute Gasteiger partial charge is 0.383 e. The fraction of sp³-hybridized carbons (Fsp3) is 0.158. The molecule has 0 fully saturated rings. The Bertz CT molecular complexity index is 885. The van der Waals surface area contributed by atoms with Crippen molar-refractivity contribution in [3.63, 3.8) is 0 Å². The lowest BCUT2D eigenvalue weighted by Gasteiger charge is -2.11. The van der Waals surface area contributed by atoms with Gasteiger partial charge in [-0.1, -0.05) is 60.1 Å². The number of fused-ring (bicyclic) bond motifs is 2. The highest BCUT2D eigenvalue weighted by Gasteiger charge is 2.10. The van der Waals surface area contributed by atoms with Crippen molar-refractivity contribution in [3.8, 4) is 0 Å². The first kappa shape index (κ1) is 17.6. The van der Waals surface area contributed by atoms with Crippen LogP contribution in [0.25, 0.3) is 21.5 Å². The molecule has 0 heterocycles. The molecule has 0 aromatic heterocycles. The van der Waals surface area contributed by atoms with Gasteiger partial charge >= 0.3 is 0 Å². The van der Waals surface area contributed by atoms with Crippen LogP contribution in [0.3, 0.4) is 0 Å². The molecule has 0 unspecified atom stereocenters. The van der Waals surface area contributed by atoms with Crippen LogP contribution in [0.1, 0.15) is 5.56 Å². The van der Waals surface area contributed by atoms with Gasteiger partial charge in [0.1, 0.15) is 0 Å². The highest BCUT2D eigenvalue weighted by molar-refractivity contribution is 7.80. The molecule has 0 radical (unpaired) electrons. The second kappa shape index (κ2) is 8.25. The molecule has 4 nitrogen and oxygen atoms in total. The molecular weight excluding hydrogens is 354 g/mol. The fourth-order valence-corrected chi connectivity index (χ4v) is 3.19. The zero-order valence-corrected chi connectivity index (χ0v) is 15.3. The summed E-state index contributed by atoms with van der Waals surface area (Å²) in [5.74, 6) is 0. The van der Waals surface area contributed by atoms with Crippen LogP contribution in [-0.4, -0.2) is 31.6 Å². The van der Waals surface area contributed by atoms with E-state index in [0.717, 1.165) is 32.1 Å². The number of rotatable bonds is 5. The van der Waals surface area contributed by atoms with Gasteiger partial charge in [-0.05, 0) is 23.0 Å². The van der Waals surface area contributed by atoms with E-state index in [0.29, 0.717) is 18.3 Å². The lowest BCUT2D eigenvalue weighted by atomic mass is 9.97. The predicted molar refractivity (Wildman–Crippen MR) is 110 cm³/mol. The zero-order valence-electron chi connectivity index (χ0n) is 13.8. The van der Waals surface area contributed by atoms with Gasteiger partial charge in [0.05, 0.1) is 17.8 Å². The summed E-state index contributed by atoms with van der Waals surface area (Å²) < 4.78 is 4.97. The molecule has 2 N–H and O–H groups in total. The van der Waals surface area contributed by atoms with Gasteiger partial charge in [-0.2, -0.15) is 5.10 Å². The highest BCUT2D eigenvalue weighted by Crippen LogP contribution is 2.35. The Morgan fingerprint density at radius 1 is 1.08 bits per heavy atom. The van der Waals surface area contributed by atoms with Gasteiger partial charge in [-0.15, -0.1) is 0 Å². The van der Waals surface area contributed by atoms with E-state index in [1.165, 1.54) is 0 Å². The molecule has 128 valence electrons. The van der Waals surface area contributed by atoms with Gasteiger partial charge in [0.2, 0.25) is 0 Å². The molecule has 0 saturated carbocycles. The van der Waals surface area contributed by atoms with E-state index in [9.17, 15) is 0 Å². The topological polar surface area (TPSA) is 45.6 Å². The van der Waals surface area contributed by atoms with Gasteiger partial charge < -0.3 is 10.1 Å². The number of hydrogen-bond acceptors (Lipinski definition) is 3. The number of halogens is 1. The Hall–Kier alpha value is -2.21. The van der Waals surface area contributed by atoms with Crippen LogP contribution >= 0.6 is 23.8 Å². The summed E-state index contributed by atoms with van der Waals surface area (Å²) in [6.45, 7) is 1.21. The van der Waals surface area contributed by atoms with Crippen molar-refractivity contribution in [2.24, 2.45) is 5.10 Å². The zero-order chi connectivity index (χ0) is 17.6. The molecule has 0 spiro atoms. The van der Waals surface area contributed by atoms with Crippen molar-refractivity contribution in [2.45, 2.75) is 0 Å². The van der Waals surface area contributed by atoms with E-state index in [1.54, 1.807) is 13.3 Å². The third-order valence-electron chi connectivity index (χ3n) is 3.86. The normalized spacial score (nSPS) is 11.3. The summed E-state index contributed by atoms with van der Waals surface area (Å²) in [5, 5.41) is 12.6. The molecule has 0 saturated heterocycles. The van der Waals surface area contributed by atoms with Gasteiger partial charge in [-0.3, -0.25) is 5.43 Å². The quantitative estimate of drug-likeness (QED) is 0.233. The SMILES string of the molecule is COCCNC(=S)N/N=C\c1c2ccccc2c(Cl)c2ccccc12. The molecule has 0 bridgehead atoms. The van der Waals surface area contributed by atoms with Crippen molar-refractivity contribution in [1.82, 2.24) is 10.7 Å². The van der Waals surface area contributed by atoms with Crippen LogP contribution in [-0.2, 0) is 4.74 Å². The molecule has 3 aromatic carbocycles. The Kier molecular flexibility index (Phi) is 5.81. The maximum absolute atomic E-state index is 6.60. The lowest BCUT2D eigenvalue weighted by molar-refractivity contribution is 0.204. The number of nitrogens with zero attached hydrogens (tertiary/aromatic N) is 1. The molecule has 3 aromatic rings. The number of nitrogens with one attached hydrogen (secondary N) is 2. The first-order chi connectivity index (χ1) is 12.2. The molecule has 6 heteroatoms. The van der Waals surface area contributed by atoms with Crippen molar-refractivity contribution < 1.29 is 4.74 Å². The lowest BCUT2D eigenvalue weighted by Crippen LogP contribution is -2.34. The molecule has 3 rings (SSSR count). The van der Waals surface area contributed by atoms with Crippen LogP contribution < -0.4 is 10.7 Å². The maximum atomic E-state index is 6.60. The van der Waals surface area contributed by atoms with Crippen LogP contribution in [0.15, 0.2) is 53.6 Å². The monoisotopic (exact) mass is 371 g/mol. The Morgan fingerprint density at radius 3 is 2.20 bits per heavy atom. The minimum atomic E-state index is 0.455. The molecule has 0 atom stereocenters. The number of benzene rings is 3. The summed E-state index contributed by atoms with van der Waals surface area (Å²) >= 11 is 11.8. The first-order valence-corrected chi connectivity index (χ1v) is 8.65. The molecular formula is C19H18ClN3OS. The smallest absolute Gasteiger partial charge is 0.187 e. The Balaban J connectivity index is 1.95. The molecule has 0 aliphatic heterocycles. The number of ether oxygens (including phenoxy) is 1. The van der Waals surface area contributed by atoms with Crippen molar-refractivity contribution in [2.75, 3.05) is 20.3 Å². The molecule has 25 heavy (non-hydrogen) atoms. The summed E-state index contributed by atoms with van der Waals surface area (Å²) in [4.78, 5) is 0. The minimum absolute atomic E-state index is 0.455. The number of thiocarbonyl (C=S) groups is 1. The average molecular weight is 372 g/mol. The standard InChI is InChI=1S/C19H18ClN3OS/c1-24-11-10-21-19(25)23-22-12-17-13-6-2-4-8-15(13)18(20)16-9-5-3-7-14(16)17/h2-9,12H,10-11H2,1H3,(H2,21,23,25)/b22-12-. The van der Waals surface area contributed by atoms with E-state index in [2.05, 4.69) is 15.8 Å². The fourth-order valence-electron chi connectivity index (χ4n) is 2.71. The van der Waals surface area contributed by atoms with Crippen LogP contribution in [0.2, 0.25) is 5.02 Å². The van der Waals surface area contributed by atoms with Gasteiger partial charge in [-0.25, -0.2) is 0 Å². The third kappa shape index (κ3) is 3.90. The molecule has 0 amide bonds. The van der Waals surface area contributed by atoms with Gasteiger partial charge in [0.15, 0.2) is 5.11 Å². The predicted octanol–water partition coefficient (Wildman–Crippen LogP) is 4.09. The Labute approximate surface area is 156 Å². The highest BCUT2D eigenvalue weighted by atomic mass is 35.5. The Morgan fingerprint density at radius 2 is 1.64 bits per heavy atom. The van der Waals surface area contributed by atoms with E-state index >= 15 is 0 Å². The van der Waals surface area contributed by atoms with Crippen LogP contribution in [0.4, 0.5) is 0 Å². The van der Waals surface area contributed by atoms with E-state index < -0.39 is 0 Å². The maximum Gasteiger partial charge on any atom is 0.187 e. The van der Waals surface area contributed by atoms with Gasteiger partial charge in [0.25, 0.3) is 0 Å². The summed E-state index contributed by atoms with van der Waals surface area (Å²) in [6.07, 6.45) is 1.78. The van der Waals surface area contributed by atoms with E-state index in [4.69, 9.17) is 28.6 Å². The molecule has 0 aliphatic rings. The van der Waals surface area contributed by atoms with Gasteiger partial charge in [0, 0.05) is 30.0 Å². The summed E-state index contributed by atoms with van der Waals surface area (Å²) in [7, 11) is 1.65. The number of methoxy groups -OCH3 is 1. The first-order valence-electron chi connectivity index (χ1n) is 7.87. The summed E-state index contributed by atoms with van der Waals surface area (Å²) in [6, 6.07) is 16.1. The van der Waals surface area contributed by atoms with Crippen molar-refractivity contribution in [3.05, 3.63) is 59.1 Å². The average Bonchev–Trinajstić information content (AvgIpc) is 2.65. The van der Waals surface area contributed by atoms with E-state index in [1.807, 2.05) is 48.5 Å². The van der Waals surface area contributed by atoms with Crippen molar-refractivity contribution in [1.29, 1.82) is 0 Å². The summed E-state index contributed by atoms with van der Waals surface area (Å²) in [5.41, 5.74) is 3.84.